The average molecular weight is 827 g/mol. The van der Waals surface area contributed by atoms with Crippen LogP contribution in [0.1, 0.15) is 136 Å². The molecule has 0 aliphatic heterocycles. The molecule has 0 heterocycles. The van der Waals surface area contributed by atoms with Crippen LogP contribution in [0.15, 0.2) is 84.9 Å². The summed E-state index contributed by atoms with van der Waals surface area (Å²) in [5, 5.41) is 0. The summed E-state index contributed by atoms with van der Waals surface area (Å²) < 4.78 is 39.8. The van der Waals surface area contributed by atoms with Crippen molar-refractivity contribution in [2.45, 2.75) is 165 Å². The molecular weight excluding hydrogens is 757 g/mol. The number of hydrogen-bond acceptors (Lipinski definition) is 6. The van der Waals surface area contributed by atoms with Gasteiger partial charge < -0.3 is 28.4 Å². The number of benzene rings is 5. The summed E-state index contributed by atoms with van der Waals surface area (Å²) >= 11 is 0. The van der Waals surface area contributed by atoms with Crippen LogP contribution in [0.2, 0.25) is 0 Å². The second kappa shape index (κ2) is 16.0. The van der Waals surface area contributed by atoms with Crippen molar-refractivity contribution in [3.63, 3.8) is 0 Å². The normalized spacial score (nSPS) is 13.3. The molecule has 0 fully saturated rings. The van der Waals surface area contributed by atoms with Crippen molar-refractivity contribution >= 4 is 0 Å². The lowest BCUT2D eigenvalue weighted by molar-refractivity contribution is 0.0958. The molecule has 0 unspecified atom stereocenters. The minimum atomic E-state index is -0.482. The summed E-state index contributed by atoms with van der Waals surface area (Å²) in [5.74, 6) is 4.14. The maximum absolute atomic E-state index is 6.75. The first-order valence-corrected chi connectivity index (χ1v) is 21.8. The zero-order valence-electron chi connectivity index (χ0n) is 40.2. The highest BCUT2D eigenvalue weighted by Crippen LogP contribution is 2.53. The third-order valence-corrected chi connectivity index (χ3v) is 9.33. The number of fused-ring (bicyclic) bond motifs is 3. The molecule has 0 radical (unpaired) electrons. The minimum absolute atomic E-state index is 0.427. The highest BCUT2D eigenvalue weighted by Gasteiger charge is 2.31. The molecule has 0 N–H and O–H groups in total. The SMILES string of the molecule is CC(C)(C)Oc1ccc(-c2cc3c(c(-c4ccc(OC(C)(C)C)c(OC(C)(C)C)c4)c2-c2ccc(OC(C)(C)C)c(OC(C)(C)C)c2)Cc2ccccc2-3)cc1OC(C)(C)C. The number of hydrogen-bond donors (Lipinski definition) is 0. The van der Waals surface area contributed by atoms with E-state index in [-0.39, 0.29) is 0 Å². The molecule has 6 rings (SSSR count). The lowest BCUT2D eigenvalue weighted by Crippen LogP contribution is -2.26. The van der Waals surface area contributed by atoms with E-state index < -0.39 is 33.6 Å². The van der Waals surface area contributed by atoms with E-state index in [0.29, 0.717) is 34.5 Å². The summed E-state index contributed by atoms with van der Waals surface area (Å²) in [6.45, 7) is 37.2. The van der Waals surface area contributed by atoms with Crippen LogP contribution in [0, 0.1) is 0 Å². The molecule has 1 aliphatic rings. The van der Waals surface area contributed by atoms with Gasteiger partial charge in [0, 0.05) is 0 Å². The molecule has 0 spiro atoms. The molecule has 0 saturated heterocycles. The lowest BCUT2D eigenvalue weighted by Gasteiger charge is -2.29. The zero-order chi connectivity index (χ0) is 45.1. The predicted molar refractivity (Wildman–Crippen MR) is 253 cm³/mol. The van der Waals surface area contributed by atoms with Gasteiger partial charge in [0.2, 0.25) is 0 Å². The van der Waals surface area contributed by atoms with E-state index in [9.17, 15) is 0 Å². The van der Waals surface area contributed by atoms with E-state index in [2.05, 4.69) is 210 Å². The fourth-order valence-electron chi connectivity index (χ4n) is 7.60. The Labute approximate surface area is 366 Å². The Morgan fingerprint density at radius 1 is 0.311 bits per heavy atom. The van der Waals surface area contributed by atoms with Crippen molar-refractivity contribution in [1.29, 1.82) is 0 Å². The monoisotopic (exact) mass is 827 g/mol. The van der Waals surface area contributed by atoms with Gasteiger partial charge in [-0.05, 0) is 229 Å². The quantitative estimate of drug-likeness (QED) is 0.145. The van der Waals surface area contributed by atoms with Crippen LogP contribution in [-0.4, -0.2) is 33.6 Å². The average Bonchev–Trinajstić information content (AvgIpc) is 3.44. The van der Waals surface area contributed by atoms with Gasteiger partial charge in [-0.1, -0.05) is 42.5 Å². The molecule has 6 nitrogen and oxygen atoms in total. The van der Waals surface area contributed by atoms with Gasteiger partial charge in [0.15, 0.2) is 34.5 Å². The van der Waals surface area contributed by atoms with Crippen molar-refractivity contribution < 1.29 is 28.4 Å². The molecule has 0 aromatic heterocycles. The van der Waals surface area contributed by atoms with Gasteiger partial charge in [-0.25, -0.2) is 0 Å². The molecule has 0 amide bonds. The molecule has 326 valence electrons. The Balaban J connectivity index is 1.77. The van der Waals surface area contributed by atoms with Gasteiger partial charge in [0.25, 0.3) is 0 Å². The first-order chi connectivity index (χ1) is 27.9. The van der Waals surface area contributed by atoms with Crippen molar-refractivity contribution in [1.82, 2.24) is 0 Å². The Bertz CT molecular complexity index is 2390. The highest BCUT2D eigenvalue weighted by atomic mass is 16.6. The van der Waals surface area contributed by atoms with E-state index in [4.69, 9.17) is 28.4 Å². The molecule has 0 atom stereocenters. The largest absolute Gasteiger partial charge is 0.484 e. The molecule has 6 heteroatoms. The minimum Gasteiger partial charge on any atom is -0.484 e. The topological polar surface area (TPSA) is 55.4 Å². The van der Waals surface area contributed by atoms with E-state index in [1.807, 2.05) is 0 Å². The summed E-state index contributed by atoms with van der Waals surface area (Å²) in [7, 11) is 0. The Kier molecular flexibility index (Phi) is 11.9. The molecule has 5 aromatic carbocycles. The summed E-state index contributed by atoms with van der Waals surface area (Å²) in [5.41, 5.74) is 8.48. The van der Waals surface area contributed by atoms with Crippen LogP contribution < -0.4 is 28.4 Å². The van der Waals surface area contributed by atoms with Crippen LogP contribution in [0.3, 0.4) is 0 Å². The van der Waals surface area contributed by atoms with E-state index in [1.165, 1.54) is 22.3 Å². The van der Waals surface area contributed by atoms with Crippen LogP contribution in [-0.2, 0) is 6.42 Å². The summed E-state index contributed by atoms with van der Waals surface area (Å²) in [4.78, 5) is 0. The summed E-state index contributed by atoms with van der Waals surface area (Å²) in [6, 6.07) is 30.2. The van der Waals surface area contributed by atoms with Crippen LogP contribution in [0.4, 0.5) is 0 Å². The maximum Gasteiger partial charge on any atom is 0.162 e. The first-order valence-electron chi connectivity index (χ1n) is 21.8. The number of rotatable bonds is 9. The fraction of sp³-hybridized carbons (Fsp3) is 0.455. The predicted octanol–water partition coefficient (Wildman–Crippen LogP) is 15.3. The fourth-order valence-corrected chi connectivity index (χ4v) is 7.60. The Morgan fingerprint density at radius 2 is 0.656 bits per heavy atom. The van der Waals surface area contributed by atoms with Crippen LogP contribution in [0.25, 0.3) is 44.5 Å². The summed E-state index contributed by atoms with van der Waals surface area (Å²) in [6.07, 6.45) is 0.775. The molecule has 5 aromatic rings. The van der Waals surface area contributed by atoms with Gasteiger partial charge in [0.1, 0.15) is 33.6 Å². The molecule has 0 saturated carbocycles. The highest BCUT2D eigenvalue weighted by molar-refractivity contribution is 6.02. The van der Waals surface area contributed by atoms with Crippen LogP contribution in [0.5, 0.6) is 34.5 Å². The van der Waals surface area contributed by atoms with Gasteiger partial charge in [0.05, 0.1) is 0 Å². The van der Waals surface area contributed by atoms with Gasteiger partial charge in [-0.15, -0.1) is 0 Å². The van der Waals surface area contributed by atoms with E-state index in [0.717, 1.165) is 39.8 Å². The standard InChI is InChI=1S/C55H70O6/c1-50(2,3)56-42-26-23-35(30-45(42)59-53(10,11)12)39-33-40-38-22-20-19-21-34(38)29-41(40)49(37-25-28-44(58-52(7,8)9)47(32-37)61-55(16,17)18)48(39)36-24-27-43(57-51(4,5)6)46(31-36)60-54(13,14)15/h19-28,30-33H,29H2,1-18H3. The molecular formula is C55H70O6. The number of ether oxygens (including phenoxy) is 6. The van der Waals surface area contributed by atoms with Crippen LogP contribution >= 0.6 is 0 Å². The third kappa shape index (κ3) is 11.6. The Morgan fingerprint density at radius 3 is 1.07 bits per heavy atom. The van der Waals surface area contributed by atoms with Crippen molar-refractivity contribution in [2.24, 2.45) is 0 Å². The van der Waals surface area contributed by atoms with Gasteiger partial charge in [-0.3, -0.25) is 0 Å². The smallest absolute Gasteiger partial charge is 0.162 e. The first kappa shape index (κ1) is 45.4. The van der Waals surface area contributed by atoms with E-state index in [1.54, 1.807) is 0 Å². The molecule has 0 bridgehead atoms. The molecule has 1 aliphatic carbocycles. The zero-order valence-corrected chi connectivity index (χ0v) is 40.2. The second-order valence-corrected chi connectivity index (χ2v) is 22.3. The van der Waals surface area contributed by atoms with Crippen molar-refractivity contribution in [3.05, 3.63) is 96.1 Å². The van der Waals surface area contributed by atoms with E-state index >= 15 is 0 Å². The Hall–Kier alpha value is -5.10. The molecule has 61 heavy (non-hydrogen) atoms. The maximum atomic E-state index is 6.75. The van der Waals surface area contributed by atoms with Gasteiger partial charge >= 0.3 is 0 Å². The lowest BCUT2D eigenvalue weighted by atomic mass is 9.82. The van der Waals surface area contributed by atoms with Crippen molar-refractivity contribution in [3.8, 4) is 79.0 Å². The third-order valence-electron chi connectivity index (χ3n) is 9.33. The van der Waals surface area contributed by atoms with Crippen molar-refractivity contribution in [2.75, 3.05) is 0 Å². The van der Waals surface area contributed by atoms with Gasteiger partial charge in [-0.2, -0.15) is 0 Å². The second-order valence-electron chi connectivity index (χ2n) is 22.3.